The highest BCUT2D eigenvalue weighted by atomic mass is 16.2. The van der Waals surface area contributed by atoms with Gasteiger partial charge in [0.2, 0.25) is 5.91 Å². The van der Waals surface area contributed by atoms with Crippen LogP contribution in [0.5, 0.6) is 0 Å². The zero-order chi connectivity index (χ0) is 18.3. The quantitative estimate of drug-likeness (QED) is 0.883. The number of carbonyl (C=O) groups is 2. The summed E-state index contributed by atoms with van der Waals surface area (Å²) >= 11 is 0. The van der Waals surface area contributed by atoms with Crippen LogP contribution in [0, 0.1) is 12.8 Å². The molecule has 3 heterocycles. The predicted octanol–water partition coefficient (Wildman–Crippen LogP) is 1.89. The largest absolute Gasteiger partial charge is 0.350 e. The number of amides is 2. The standard InChI is InChI=1S/C20H26N4O2/c1-13-15-4-2-3-5-16(15)22-19(13)20(26)23-10-8-17-14(12-23)6-7-18(25)24(17)11-9-21/h2-5,14,17,22H,6-12,21H2,1H3. The lowest BCUT2D eigenvalue weighted by molar-refractivity contribution is -0.140. The minimum absolute atomic E-state index is 0.0689. The molecule has 2 aliphatic heterocycles. The molecule has 2 fully saturated rings. The zero-order valence-electron chi connectivity index (χ0n) is 15.2. The van der Waals surface area contributed by atoms with E-state index >= 15 is 0 Å². The third-order valence-corrected chi connectivity index (χ3v) is 5.98. The Morgan fingerprint density at radius 1 is 1.31 bits per heavy atom. The molecular weight excluding hydrogens is 328 g/mol. The molecule has 0 spiro atoms. The van der Waals surface area contributed by atoms with Crippen molar-refractivity contribution >= 4 is 22.7 Å². The number of rotatable bonds is 3. The lowest BCUT2D eigenvalue weighted by Gasteiger charge is -2.47. The van der Waals surface area contributed by atoms with E-state index in [0.717, 1.165) is 29.3 Å². The highest BCUT2D eigenvalue weighted by Crippen LogP contribution is 2.32. The van der Waals surface area contributed by atoms with E-state index in [1.165, 1.54) is 0 Å². The van der Waals surface area contributed by atoms with Crippen LogP contribution in [0.3, 0.4) is 0 Å². The molecule has 4 rings (SSSR count). The number of aromatic amines is 1. The average molecular weight is 354 g/mol. The van der Waals surface area contributed by atoms with Gasteiger partial charge in [0, 0.05) is 49.5 Å². The van der Waals surface area contributed by atoms with Gasteiger partial charge in [0.15, 0.2) is 0 Å². The molecule has 3 N–H and O–H groups in total. The molecule has 0 aliphatic carbocycles. The van der Waals surface area contributed by atoms with Crippen LogP contribution in [0.2, 0.25) is 0 Å². The molecule has 6 nitrogen and oxygen atoms in total. The van der Waals surface area contributed by atoms with Gasteiger partial charge in [-0.05, 0) is 37.3 Å². The maximum Gasteiger partial charge on any atom is 0.270 e. The molecule has 2 amide bonds. The molecule has 0 radical (unpaired) electrons. The molecular formula is C20H26N4O2. The first-order chi connectivity index (χ1) is 12.6. The van der Waals surface area contributed by atoms with Crippen molar-refractivity contribution in [3.8, 4) is 0 Å². The Balaban J connectivity index is 1.54. The van der Waals surface area contributed by atoms with Crippen LogP contribution in [0.15, 0.2) is 24.3 Å². The highest BCUT2D eigenvalue weighted by Gasteiger charge is 2.40. The van der Waals surface area contributed by atoms with E-state index < -0.39 is 0 Å². The smallest absolute Gasteiger partial charge is 0.270 e. The van der Waals surface area contributed by atoms with Gasteiger partial charge in [0.25, 0.3) is 5.91 Å². The Hall–Kier alpha value is -2.34. The SMILES string of the molecule is Cc1c(C(=O)N2CCC3C(CCC(=O)N3CCN)C2)[nH]c2ccccc12. The molecule has 2 atom stereocenters. The predicted molar refractivity (Wildman–Crippen MR) is 101 cm³/mol. The molecule has 26 heavy (non-hydrogen) atoms. The van der Waals surface area contributed by atoms with Gasteiger partial charge < -0.3 is 20.5 Å². The topological polar surface area (TPSA) is 82.4 Å². The minimum atomic E-state index is 0.0689. The number of likely N-dealkylation sites (tertiary alicyclic amines) is 2. The van der Waals surface area contributed by atoms with E-state index in [0.29, 0.717) is 44.2 Å². The van der Waals surface area contributed by atoms with Crippen LogP contribution in [-0.2, 0) is 4.79 Å². The van der Waals surface area contributed by atoms with E-state index in [9.17, 15) is 9.59 Å². The van der Waals surface area contributed by atoms with Gasteiger partial charge >= 0.3 is 0 Å². The molecule has 2 unspecified atom stereocenters. The van der Waals surface area contributed by atoms with Crippen molar-refractivity contribution in [2.45, 2.75) is 32.2 Å². The monoisotopic (exact) mass is 354 g/mol. The van der Waals surface area contributed by atoms with Crippen molar-refractivity contribution in [2.75, 3.05) is 26.2 Å². The van der Waals surface area contributed by atoms with Gasteiger partial charge in [-0.2, -0.15) is 0 Å². The summed E-state index contributed by atoms with van der Waals surface area (Å²) in [6.07, 6.45) is 2.26. The van der Waals surface area contributed by atoms with E-state index in [-0.39, 0.29) is 17.9 Å². The number of aromatic nitrogens is 1. The molecule has 2 saturated heterocycles. The zero-order valence-corrected chi connectivity index (χ0v) is 15.2. The number of aryl methyl sites for hydroxylation is 1. The lowest BCUT2D eigenvalue weighted by Crippen LogP contribution is -2.57. The number of hydrogen-bond donors (Lipinski definition) is 2. The number of nitrogens with zero attached hydrogens (tertiary/aromatic N) is 2. The first-order valence-corrected chi connectivity index (χ1v) is 9.46. The maximum absolute atomic E-state index is 13.1. The van der Waals surface area contributed by atoms with Gasteiger partial charge in [0.1, 0.15) is 5.69 Å². The van der Waals surface area contributed by atoms with Crippen molar-refractivity contribution in [1.82, 2.24) is 14.8 Å². The number of para-hydroxylation sites is 1. The Morgan fingerprint density at radius 3 is 2.88 bits per heavy atom. The van der Waals surface area contributed by atoms with Crippen molar-refractivity contribution in [2.24, 2.45) is 11.7 Å². The summed E-state index contributed by atoms with van der Waals surface area (Å²) in [5, 5.41) is 1.10. The summed E-state index contributed by atoms with van der Waals surface area (Å²) in [4.78, 5) is 32.5. The summed E-state index contributed by atoms with van der Waals surface area (Å²) < 4.78 is 0. The molecule has 2 aliphatic rings. The number of H-pyrrole nitrogens is 1. The molecule has 2 aromatic rings. The van der Waals surface area contributed by atoms with Gasteiger partial charge in [-0.1, -0.05) is 18.2 Å². The van der Waals surface area contributed by atoms with Crippen molar-refractivity contribution in [3.05, 3.63) is 35.5 Å². The van der Waals surface area contributed by atoms with Gasteiger partial charge in [-0.3, -0.25) is 9.59 Å². The number of piperidine rings is 2. The van der Waals surface area contributed by atoms with Crippen molar-refractivity contribution < 1.29 is 9.59 Å². The normalized spacial score (nSPS) is 23.4. The fraction of sp³-hybridized carbons (Fsp3) is 0.500. The van der Waals surface area contributed by atoms with Crippen LogP contribution >= 0.6 is 0 Å². The van der Waals surface area contributed by atoms with Crippen LogP contribution in [-0.4, -0.2) is 58.8 Å². The molecule has 0 bridgehead atoms. The number of carbonyl (C=O) groups excluding carboxylic acids is 2. The Kier molecular flexibility index (Phi) is 4.44. The van der Waals surface area contributed by atoms with Gasteiger partial charge in [-0.15, -0.1) is 0 Å². The fourth-order valence-corrected chi connectivity index (χ4v) is 4.62. The van der Waals surface area contributed by atoms with Crippen molar-refractivity contribution in [3.63, 3.8) is 0 Å². The highest BCUT2D eigenvalue weighted by molar-refractivity contribution is 6.01. The number of hydrogen-bond acceptors (Lipinski definition) is 3. The second-order valence-corrected chi connectivity index (χ2v) is 7.45. The van der Waals surface area contributed by atoms with Gasteiger partial charge in [-0.25, -0.2) is 0 Å². The van der Waals surface area contributed by atoms with E-state index in [1.54, 1.807) is 0 Å². The number of benzene rings is 1. The van der Waals surface area contributed by atoms with E-state index in [1.807, 2.05) is 41.0 Å². The molecule has 0 saturated carbocycles. The maximum atomic E-state index is 13.1. The van der Waals surface area contributed by atoms with E-state index in [4.69, 9.17) is 5.73 Å². The summed E-state index contributed by atoms with van der Waals surface area (Å²) in [6, 6.07) is 8.24. The summed E-state index contributed by atoms with van der Waals surface area (Å²) in [6.45, 7) is 4.51. The second kappa shape index (κ2) is 6.76. The molecule has 6 heteroatoms. The minimum Gasteiger partial charge on any atom is -0.350 e. The van der Waals surface area contributed by atoms with Crippen LogP contribution in [0.1, 0.15) is 35.3 Å². The Bertz CT molecular complexity index is 843. The molecule has 1 aromatic heterocycles. The first-order valence-electron chi connectivity index (χ1n) is 9.46. The number of fused-ring (bicyclic) bond motifs is 2. The van der Waals surface area contributed by atoms with Crippen LogP contribution in [0.4, 0.5) is 0 Å². The third kappa shape index (κ3) is 2.78. The van der Waals surface area contributed by atoms with Crippen molar-refractivity contribution in [1.29, 1.82) is 0 Å². The fourth-order valence-electron chi connectivity index (χ4n) is 4.62. The number of nitrogens with two attached hydrogens (primary N) is 1. The van der Waals surface area contributed by atoms with Crippen LogP contribution < -0.4 is 5.73 Å². The van der Waals surface area contributed by atoms with Crippen LogP contribution in [0.25, 0.3) is 10.9 Å². The second-order valence-electron chi connectivity index (χ2n) is 7.45. The molecule has 138 valence electrons. The van der Waals surface area contributed by atoms with E-state index in [2.05, 4.69) is 4.98 Å². The number of nitrogens with one attached hydrogen (secondary N) is 1. The summed E-state index contributed by atoms with van der Waals surface area (Å²) in [7, 11) is 0. The summed E-state index contributed by atoms with van der Waals surface area (Å²) in [5.41, 5.74) is 8.39. The summed E-state index contributed by atoms with van der Waals surface area (Å²) in [5.74, 6) is 0.629. The lowest BCUT2D eigenvalue weighted by atomic mass is 9.83. The Labute approximate surface area is 153 Å². The third-order valence-electron chi connectivity index (χ3n) is 5.98. The first kappa shape index (κ1) is 17.1. The molecule has 1 aromatic carbocycles. The Morgan fingerprint density at radius 2 is 2.12 bits per heavy atom. The van der Waals surface area contributed by atoms with Gasteiger partial charge in [0.05, 0.1) is 0 Å². The average Bonchev–Trinajstić information content (AvgIpc) is 3.00.